The number of para-hydroxylation sites is 1. The van der Waals surface area contributed by atoms with Crippen molar-refractivity contribution < 1.29 is 9.53 Å². The molecule has 2 aromatic rings. The fourth-order valence-electron chi connectivity index (χ4n) is 3.05. The Balaban J connectivity index is 1.77. The molecule has 3 rings (SSSR count). The Hall–Kier alpha value is -2.66. The molecular weight excluding hydrogens is 338 g/mol. The summed E-state index contributed by atoms with van der Waals surface area (Å²) >= 11 is 0. The SMILES string of the molecule is CCc1ccccc1NC(=NC[C@@H]1CCCO1)NC(=O)c1ccc(C)cc1. The molecule has 5 nitrogen and oxygen atoms in total. The molecule has 1 aliphatic heterocycles. The van der Waals surface area contributed by atoms with Crippen molar-refractivity contribution in [1.29, 1.82) is 0 Å². The van der Waals surface area contributed by atoms with Crippen molar-refractivity contribution in [2.75, 3.05) is 18.5 Å². The van der Waals surface area contributed by atoms with Gasteiger partial charge in [0.25, 0.3) is 5.91 Å². The highest BCUT2D eigenvalue weighted by molar-refractivity contribution is 6.10. The van der Waals surface area contributed by atoms with E-state index in [1.165, 1.54) is 5.56 Å². The Morgan fingerprint density at radius 3 is 2.67 bits per heavy atom. The van der Waals surface area contributed by atoms with Crippen molar-refractivity contribution in [1.82, 2.24) is 5.32 Å². The van der Waals surface area contributed by atoms with Gasteiger partial charge in [0.1, 0.15) is 0 Å². The number of nitrogens with zero attached hydrogens (tertiary/aromatic N) is 1. The van der Waals surface area contributed by atoms with Crippen LogP contribution in [0.4, 0.5) is 5.69 Å². The zero-order chi connectivity index (χ0) is 19.1. The Morgan fingerprint density at radius 1 is 1.19 bits per heavy atom. The van der Waals surface area contributed by atoms with E-state index >= 15 is 0 Å². The van der Waals surface area contributed by atoms with Gasteiger partial charge in [-0.1, -0.05) is 42.8 Å². The number of carbonyl (C=O) groups excluding carboxylic acids is 1. The molecule has 1 aliphatic rings. The van der Waals surface area contributed by atoms with Crippen LogP contribution in [0.5, 0.6) is 0 Å². The number of hydrogen-bond acceptors (Lipinski definition) is 3. The number of anilines is 1. The Bertz CT molecular complexity index is 793. The van der Waals surface area contributed by atoms with Gasteiger partial charge < -0.3 is 10.1 Å². The predicted molar refractivity (Wildman–Crippen MR) is 109 cm³/mol. The number of guanidine groups is 1. The summed E-state index contributed by atoms with van der Waals surface area (Å²) in [7, 11) is 0. The van der Waals surface area contributed by atoms with E-state index in [0.29, 0.717) is 18.1 Å². The average Bonchev–Trinajstić information content (AvgIpc) is 3.20. The molecule has 0 spiro atoms. The van der Waals surface area contributed by atoms with Gasteiger partial charge >= 0.3 is 0 Å². The summed E-state index contributed by atoms with van der Waals surface area (Å²) in [5.74, 6) is 0.277. The molecule has 2 aromatic carbocycles. The Morgan fingerprint density at radius 2 is 1.96 bits per heavy atom. The largest absolute Gasteiger partial charge is 0.376 e. The lowest BCUT2D eigenvalue weighted by Crippen LogP contribution is -2.37. The van der Waals surface area contributed by atoms with Crippen LogP contribution in [-0.4, -0.2) is 31.1 Å². The van der Waals surface area contributed by atoms with Gasteiger partial charge in [-0.25, -0.2) is 4.99 Å². The average molecular weight is 365 g/mol. The lowest BCUT2D eigenvalue weighted by molar-refractivity contribution is 0.0975. The quantitative estimate of drug-likeness (QED) is 0.623. The standard InChI is InChI=1S/C22H27N3O2/c1-3-17-7-4-5-9-20(17)24-22(23-15-19-8-6-14-27-19)25-21(26)18-12-10-16(2)11-13-18/h4-5,7,9-13,19H,3,6,8,14-15H2,1-2H3,(H2,23,24,25,26)/t19-/m0/s1. The first-order valence-corrected chi connectivity index (χ1v) is 9.54. The number of aryl methyl sites for hydroxylation is 2. The summed E-state index contributed by atoms with van der Waals surface area (Å²) in [5.41, 5.74) is 3.85. The molecular formula is C22H27N3O2. The summed E-state index contributed by atoms with van der Waals surface area (Å²) in [6.45, 7) is 5.43. The smallest absolute Gasteiger partial charge is 0.257 e. The maximum Gasteiger partial charge on any atom is 0.257 e. The molecule has 0 aromatic heterocycles. The molecule has 1 heterocycles. The Labute approximate surface area is 160 Å². The van der Waals surface area contributed by atoms with Crippen LogP contribution in [0, 0.1) is 6.92 Å². The zero-order valence-electron chi connectivity index (χ0n) is 16.0. The number of benzene rings is 2. The van der Waals surface area contributed by atoms with Crippen molar-refractivity contribution in [2.45, 2.75) is 39.2 Å². The van der Waals surface area contributed by atoms with Gasteiger partial charge in [-0.2, -0.15) is 0 Å². The third kappa shape index (κ3) is 5.41. The maximum atomic E-state index is 12.6. The first-order valence-electron chi connectivity index (χ1n) is 9.54. The maximum absolute atomic E-state index is 12.6. The molecule has 5 heteroatoms. The first kappa shape index (κ1) is 19.1. The minimum atomic E-state index is -0.178. The van der Waals surface area contributed by atoms with Crippen molar-refractivity contribution in [3.63, 3.8) is 0 Å². The molecule has 1 atom stereocenters. The van der Waals surface area contributed by atoms with Crippen molar-refractivity contribution >= 4 is 17.6 Å². The third-order valence-electron chi connectivity index (χ3n) is 4.67. The lowest BCUT2D eigenvalue weighted by Gasteiger charge is -2.15. The van der Waals surface area contributed by atoms with E-state index in [0.717, 1.165) is 37.1 Å². The molecule has 2 N–H and O–H groups in total. The van der Waals surface area contributed by atoms with Crippen LogP contribution in [-0.2, 0) is 11.2 Å². The topological polar surface area (TPSA) is 62.7 Å². The molecule has 0 unspecified atom stereocenters. The van der Waals surface area contributed by atoms with Gasteiger partial charge in [0.2, 0.25) is 5.96 Å². The Kier molecular flexibility index (Phi) is 6.60. The number of amides is 1. The number of hydrogen-bond donors (Lipinski definition) is 2. The molecule has 1 saturated heterocycles. The van der Waals surface area contributed by atoms with Gasteiger partial charge in [-0.15, -0.1) is 0 Å². The van der Waals surface area contributed by atoms with E-state index in [-0.39, 0.29) is 12.0 Å². The molecule has 142 valence electrons. The normalized spacial score (nSPS) is 17.0. The number of ether oxygens (including phenoxy) is 1. The minimum Gasteiger partial charge on any atom is -0.376 e. The highest BCUT2D eigenvalue weighted by Crippen LogP contribution is 2.16. The van der Waals surface area contributed by atoms with Crippen LogP contribution in [0.2, 0.25) is 0 Å². The number of nitrogens with one attached hydrogen (secondary N) is 2. The second-order valence-corrected chi connectivity index (χ2v) is 6.78. The van der Waals surface area contributed by atoms with E-state index in [4.69, 9.17) is 4.74 Å². The molecule has 1 fully saturated rings. The minimum absolute atomic E-state index is 0.125. The highest BCUT2D eigenvalue weighted by Gasteiger charge is 2.16. The van der Waals surface area contributed by atoms with Gasteiger partial charge in [0, 0.05) is 17.9 Å². The third-order valence-corrected chi connectivity index (χ3v) is 4.67. The van der Waals surface area contributed by atoms with Crippen LogP contribution in [0.1, 0.15) is 41.3 Å². The summed E-state index contributed by atoms with van der Waals surface area (Å²) in [6.07, 6.45) is 3.10. The lowest BCUT2D eigenvalue weighted by atomic mass is 10.1. The summed E-state index contributed by atoms with van der Waals surface area (Å²) < 4.78 is 5.65. The van der Waals surface area contributed by atoms with E-state index in [1.54, 1.807) is 0 Å². The van der Waals surface area contributed by atoms with Gasteiger partial charge in [-0.3, -0.25) is 10.1 Å². The van der Waals surface area contributed by atoms with E-state index in [2.05, 4.69) is 28.6 Å². The van der Waals surface area contributed by atoms with Crippen LogP contribution < -0.4 is 10.6 Å². The fraction of sp³-hybridized carbons (Fsp3) is 0.364. The monoisotopic (exact) mass is 365 g/mol. The number of aliphatic imine (C=N–C) groups is 1. The van der Waals surface area contributed by atoms with Crippen molar-refractivity contribution in [3.05, 3.63) is 65.2 Å². The van der Waals surface area contributed by atoms with Crippen LogP contribution in [0.15, 0.2) is 53.5 Å². The molecule has 1 amide bonds. The second kappa shape index (κ2) is 9.33. The molecule has 0 bridgehead atoms. The predicted octanol–water partition coefficient (Wildman–Crippen LogP) is 3.93. The first-order chi connectivity index (χ1) is 13.2. The molecule has 0 saturated carbocycles. The summed E-state index contributed by atoms with van der Waals surface area (Å²) in [4.78, 5) is 17.3. The van der Waals surface area contributed by atoms with E-state index < -0.39 is 0 Å². The molecule has 27 heavy (non-hydrogen) atoms. The number of carbonyl (C=O) groups is 1. The second-order valence-electron chi connectivity index (χ2n) is 6.78. The molecule has 0 radical (unpaired) electrons. The van der Waals surface area contributed by atoms with E-state index in [9.17, 15) is 4.79 Å². The van der Waals surface area contributed by atoms with Gasteiger partial charge in [-0.05, 0) is 49.9 Å². The van der Waals surface area contributed by atoms with E-state index in [1.807, 2.05) is 49.4 Å². The van der Waals surface area contributed by atoms with Gasteiger partial charge in [0.05, 0.1) is 12.6 Å². The fourth-order valence-corrected chi connectivity index (χ4v) is 3.05. The highest BCUT2D eigenvalue weighted by atomic mass is 16.5. The van der Waals surface area contributed by atoms with Gasteiger partial charge in [0.15, 0.2) is 0 Å². The molecule has 0 aliphatic carbocycles. The summed E-state index contributed by atoms with van der Waals surface area (Å²) in [6, 6.07) is 15.6. The zero-order valence-corrected chi connectivity index (χ0v) is 16.0. The van der Waals surface area contributed by atoms with Crippen molar-refractivity contribution in [3.8, 4) is 0 Å². The van der Waals surface area contributed by atoms with Crippen LogP contribution in [0.3, 0.4) is 0 Å². The van der Waals surface area contributed by atoms with Crippen LogP contribution >= 0.6 is 0 Å². The van der Waals surface area contributed by atoms with Crippen molar-refractivity contribution in [2.24, 2.45) is 4.99 Å². The van der Waals surface area contributed by atoms with Crippen LogP contribution in [0.25, 0.3) is 0 Å². The number of rotatable bonds is 5. The summed E-state index contributed by atoms with van der Waals surface area (Å²) in [5, 5.41) is 6.22.